The molecule has 3 aromatic rings. The van der Waals surface area contributed by atoms with Gasteiger partial charge in [0, 0.05) is 23.8 Å². The summed E-state index contributed by atoms with van der Waals surface area (Å²) < 4.78 is 38.8. The molecule has 40 heavy (non-hydrogen) atoms. The van der Waals surface area contributed by atoms with Crippen LogP contribution < -0.4 is 20.9 Å². The van der Waals surface area contributed by atoms with Crippen LogP contribution in [0, 0.1) is 13.8 Å². The highest BCUT2D eigenvalue weighted by molar-refractivity contribution is 5.98. The quantitative estimate of drug-likeness (QED) is 0.245. The first-order chi connectivity index (χ1) is 18.9. The van der Waals surface area contributed by atoms with Crippen molar-refractivity contribution in [3.8, 4) is 11.1 Å². The van der Waals surface area contributed by atoms with Crippen molar-refractivity contribution in [2.45, 2.75) is 58.4 Å². The van der Waals surface area contributed by atoms with Gasteiger partial charge in [-0.25, -0.2) is 4.79 Å². The number of anilines is 4. The maximum atomic E-state index is 12.9. The van der Waals surface area contributed by atoms with E-state index in [0.717, 1.165) is 40.9 Å². The number of hydrogen-bond donors (Lipinski definition) is 4. The number of carbonyl (C=O) groups excluding carboxylic acids is 1. The van der Waals surface area contributed by atoms with Crippen LogP contribution in [0.5, 0.6) is 0 Å². The lowest BCUT2D eigenvalue weighted by atomic mass is 9.98. The molecule has 2 aliphatic rings. The summed E-state index contributed by atoms with van der Waals surface area (Å²) in [6.45, 7) is 5.25. The lowest BCUT2D eigenvalue weighted by Crippen LogP contribution is -2.29. The molecular weight excluding hydrogens is 521 g/mol. The minimum Gasteiger partial charge on any atom is -0.478 e. The van der Waals surface area contributed by atoms with Gasteiger partial charge in [0.25, 0.3) is 5.91 Å². The van der Waals surface area contributed by atoms with Crippen molar-refractivity contribution in [2.24, 2.45) is 0 Å². The van der Waals surface area contributed by atoms with Crippen molar-refractivity contribution in [3.63, 3.8) is 0 Å². The Bertz CT molecular complexity index is 1480. The zero-order valence-corrected chi connectivity index (χ0v) is 22.4. The Morgan fingerprint density at radius 3 is 2.33 bits per heavy atom. The third kappa shape index (κ3) is 5.71. The number of amides is 1. The van der Waals surface area contributed by atoms with E-state index in [-0.39, 0.29) is 30.2 Å². The molecule has 10 heteroatoms. The molecule has 1 atom stereocenters. The Balaban J connectivity index is 1.54. The monoisotopic (exact) mass is 552 g/mol. The second-order valence-corrected chi connectivity index (χ2v) is 10.5. The van der Waals surface area contributed by atoms with Gasteiger partial charge in [-0.2, -0.15) is 13.2 Å². The van der Waals surface area contributed by atoms with Gasteiger partial charge < -0.3 is 26.0 Å². The van der Waals surface area contributed by atoms with Crippen LogP contribution in [0.4, 0.5) is 35.9 Å². The fraction of sp³-hybridized carbons (Fsp3) is 0.333. The lowest BCUT2D eigenvalue weighted by molar-refractivity contribution is -0.131. The van der Waals surface area contributed by atoms with Crippen LogP contribution in [0.2, 0.25) is 0 Å². The van der Waals surface area contributed by atoms with Crippen LogP contribution in [0.25, 0.3) is 11.1 Å². The van der Waals surface area contributed by atoms with E-state index in [1.807, 2.05) is 36.9 Å². The van der Waals surface area contributed by atoms with E-state index in [4.69, 9.17) is 0 Å². The van der Waals surface area contributed by atoms with Crippen LogP contribution in [0.15, 0.2) is 48.5 Å². The number of carboxylic acids is 1. The number of aromatic carboxylic acids is 1. The molecular formula is C30H31F3N4O3. The van der Waals surface area contributed by atoms with E-state index < -0.39 is 18.6 Å². The first-order valence-electron chi connectivity index (χ1n) is 13.2. The minimum absolute atomic E-state index is 0.0989. The van der Waals surface area contributed by atoms with Gasteiger partial charge in [-0.1, -0.05) is 12.1 Å². The SMILES string of the molecule is Cc1cc(-c2cc(NCCC(F)(F)F)c3c(c2)N(c2ccc(C(=O)NC4CC4)c(C)c2)C(C)N3)ccc1C(=O)O. The molecule has 0 bridgehead atoms. The standard InChI is InChI=1S/C30H31F3N4O3/c1-16-12-19(4-8-24(16)29(39)40)20-14-25(34-11-10-30(31,32)33)27-26(15-20)37(18(3)35-27)22-7-9-23(17(2)13-22)28(38)36-21-5-6-21/h4,7-9,12-15,18,21,34-35H,5-6,10-11H2,1-3H3,(H,36,38)(H,39,40). The van der Waals surface area contributed by atoms with Crippen molar-refractivity contribution >= 4 is 34.6 Å². The number of aryl methyl sites for hydroxylation is 2. The van der Waals surface area contributed by atoms with E-state index in [9.17, 15) is 27.9 Å². The summed E-state index contributed by atoms with van der Waals surface area (Å²) in [6, 6.07) is 14.6. The molecule has 1 aliphatic heterocycles. The van der Waals surface area contributed by atoms with E-state index in [1.54, 1.807) is 31.2 Å². The molecule has 1 unspecified atom stereocenters. The Labute approximate surface area is 230 Å². The van der Waals surface area contributed by atoms with Crippen LogP contribution in [-0.2, 0) is 0 Å². The van der Waals surface area contributed by atoms with Gasteiger partial charge in [-0.3, -0.25) is 4.79 Å². The molecule has 1 fully saturated rings. The number of rotatable bonds is 8. The molecule has 1 heterocycles. The summed E-state index contributed by atoms with van der Waals surface area (Å²) in [7, 11) is 0. The summed E-state index contributed by atoms with van der Waals surface area (Å²) in [4.78, 5) is 26.2. The zero-order valence-electron chi connectivity index (χ0n) is 22.4. The van der Waals surface area contributed by atoms with Gasteiger partial charge in [0.15, 0.2) is 0 Å². The fourth-order valence-electron chi connectivity index (χ4n) is 5.08. The number of fused-ring (bicyclic) bond motifs is 1. The summed E-state index contributed by atoms with van der Waals surface area (Å²) in [6.07, 6.45) is -3.51. The first kappa shape index (κ1) is 27.4. The molecule has 1 aliphatic carbocycles. The molecule has 1 amide bonds. The molecule has 0 saturated heterocycles. The number of alkyl halides is 3. The normalized spacial score (nSPS) is 16.4. The van der Waals surface area contributed by atoms with Crippen molar-refractivity contribution in [1.29, 1.82) is 0 Å². The second kappa shape index (κ2) is 10.4. The molecule has 0 spiro atoms. The van der Waals surface area contributed by atoms with E-state index in [1.165, 1.54) is 6.07 Å². The zero-order chi connectivity index (χ0) is 28.8. The van der Waals surface area contributed by atoms with E-state index in [0.29, 0.717) is 22.5 Å². The molecule has 0 radical (unpaired) electrons. The summed E-state index contributed by atoms with van der Waals surface area (Å²) in [5.41, 5.74) is 6.43. The maximum Gasteiger partial charge on any atom is 0.390 e. The Morgan fingerprint density at radius 2 is 1.70 bits per heavy atom. The Hall–Kier alpha value is -4.21. The van der Waals surface area contributed by atoms with Crippen LogP contribution in [0.3, 0.4) is 0 Å². The van der Waals surface area contributed by atoms with Crippen molar-refractivity contribution < 1.29 is 27.9 Å². The largest absolute Gasteiger partial charge is 0.478 e. The van der Waals surface area contributed by atoms with E-state index in [2.05, 4.69) is 16.0 Å². The molecule has 4 N–H and O–H groups in total. The van der Waals surface area contributed by atoms with Gasteiger partial charge in [-0.15, -0.1) is 0 Å². The second-order valence-electron chi connectivity index (χ2n) is 10.5. The topological polar surface area (TPSA) is 93.7 Å². The van der Waals surface area contributed by atoms with Crippen LogP contribution in [0.1, 0.15) is 58.0 Å². The number of nitrogens with zero attached hydrogens (tertiary/aromatic N) is 1. The molecule has 5 rings (SSSR count). The number of carboxylic acid groups (broad SMARTS) is 1. The van der Waals surface area contributed by atoms with Crippen molar-refractivity contribution in [1.82, 2.24) is 5.32 Å². The maximum absolute atomic E-state index is 12.9. The van der Waals surface area contributed by atoms with Gasteiger partial charge in [0.05, 0.1) is 29.0 Å². The fourth-order valence-corrected chi connectivity index (χ4v) is 5.08. The van der Waals surface area contributed by atoms with Crippen molar-refractivity contribution in [3.05, 3.63) is 70.8 Å². The predicted octanol–water partition coefficient (Wildman–Crippen LogP) is 6.83. The third-order valence-corrected chi connectivity index (χ3v) is 7.28. The highest BCUT2D eigenvalue weighted by Gasteiger charge is 2.32. The average molecular weight is 553 g/mol. The number of halogens is 3. The van der Waals surface area contributed by atoms with Gasteiger partial charge in [-0.05, 0) is 92.3 Å². The Kier molecular flexibility index (Phi) is 7.12. The lowest BCUT2D eigenvalue weighted by Gasteiger charge is -2.25. The van der Waals surface area contributed by atoms with Gasteiger partial charge >= 0.3 is 12.1 Å². The van der Waals surface area contributed by atoms with E-state index >= 15 is 0 Å². The molecule has 7 nitrogen and oxygen atoms in total. The Morgan fingerprint density at radius 1 is 1.00 bits per heavy atom. The van der Waals surface area contributed by atoms with Gasteiger partial charge in [0.2, 0.25) is 0 Å². The minimum atomic E-state index is -4.30. The summed E-state index contributed by atoms with van der Waals surface area (Å²) in [5.74, 6) is -1.13. The number of benzene rings is 3. The van der Waals surface area contributed by atoms with Crippen LogP contribution in [-0.4, -0.2) is 41.9 Å². The predicted molar refractivity (Wildman–Crippen MR) is 150 cm³/mol. The van der Waals surface area contributed by atoms with Crippen LogP contribution >= 0.6 is 0 Å². The number of hydrogen-bond acceptors (Lipinski definition) is 5. The number of nitrogens with one attached hydrogen (secondary N) is 3. The van der Waals surface area contributed by atoms with Gasteiger partial charge in [0.1, 0.15) is 6.17 Å². The number of carbonyl (C=O) groups is 2. The molecule has 210 valence electrons. The molecule has 3 aromatic carbocycles. The molecule has 0 aromatic heterocycles. The average Bonchev–Trinajstić information content (AvgIpc) is 3.61. The van der Waals surface area contributed by atoms with Crippen molar-refractivity contribution in [2.75, 3.05) is 22.1 Å². The summed E-state index contributed by atoms with van der Waals surface area (Å²) >= 11 is 0. The third-order valence-electron chi connectivity index (χ3n) is 7.28. The summed E-state index contributed by atoms with van der Waals surface area (Å²) in [5, 5.41) is 18.8. The first-order valence-corrected chi connectivity index (χ1v) is 13.2. The highest BCUT2D eigenvalue weighted by atomic mass is 19.4. The smallest absolute Gasteiger partial charge is 0.390 e. The highest BCUT2D eigenvalue weighted by Crippen LogP contribution is 2.47. The molecule has 1 saturated carbocycles.